The molecule has 0 aliphatic rings. The summed E-state index contributed by atoms with van der Waals surface area (Å²) in [5.74, 6) is 0. The van der Waals surface area contributed by atoms with E-state index in [9.17, 15) is 5.11 Å². The van der Waals surface area contributed by atoms with Crippen molar-refractivity contribution >= 4 is 0 Å². The van der Waals surface area contributed by atoms with E-state index >= 15 is 0 Å². The summed E-state index contributed by atoms with van der Waals surface area (Å²) in [7, 11) is 0. The van der Waals surface area contributed by atoms with Crippen molar-refractivity contribution in [3.63, 3.8) is 0 Å². The van der Waals surface area contributed by atoms with E-state index in [-0.39, 0.29) is 6.04 Å². The molecule has 1 N–H and O–H groups in total. The number of rotatable bonds is 5. The molecule has 0 amide bonds. The summed E-state index contributed by atoms with van der Waals surface area (Å²) in [5, 5.41) is 25.6. The Morgan fingerprint density at radius 1 is 1.24 bits per heavy atom. The molecule has 0 radical (unpaired) electrons. The average Bonchev–Trinajstić information content (AvgIpc) is 2.97. The fourth-order valence-electron chi connectivity index (χ4n) is 1.84. The minimum atomic E-state index is -1.08. The van der Waals surface area contributed by atoms with Crippen LogP contribution < -0.4 is 0 Å². The highest BCUT2D eigenvalue weighted by atomic mass is 16.3. The first-order valence-electron chi connectivity index (χ1n) is 5.58. The Balaban J connectivity index is 2.14. The van der Waals surface area contributed by atoms with Crippen LogP contribution in [0.4, 0.5) is 0 Å². The van der Waals surface area contributed by atoms with Crippen molar-refractivity contribution in [2.75, 3.05) is 0 Å². The van der Waals surface area contributed by atoms with Crippen LogP contribution in [0.3, 0.4) is 0 Å². The molecule has 2 aromatic rings. The fraction of sp³-hybridized carbons (Fsp3) is 0.600. The van der Waals surface area contributed by atoms with Gasteiger partial charge in [0.2, 0.25) is 0 Å². The molecule has 7 nitrogen and oxygen atoms in total. The average molecular weight is 236 g/mol. The standard InChI is InChI=1S/C10H16N6O/c1-3-9(15-6-4-11-13-15)8-10(2,17)16-7-5-12-14-16/h4-7,9,17H,3,8H2,1-2H3. The normalized spacial score (nSPS) is 16.6. The third-order valence-electron chi connectivity index (χ3n) is 2.82. The zero-order valence-corrected chi connectivity index (χ0v) is 9.93. The van der Waals surface area contributed by atoms with Gasteiger partial charge in [0.1, 0.15) is 0 Å². The predicted octanol–water partition coefficient (Wildman–Crippen LogP) is 0.576. The lowest BCUT2D eigenvalue weighted by atomic mass is 10.0. The van der Waals surface area contributed by atoms with Crippen LogP contribution >= 0.6 is 0 Å². The maximum Gasteiger partial charge on any atom is 0.158 e. The summed E-state index contributed by atoms with van der Waals surface area (Å²) in [6.07, 6.45) is 7.97. The summed E-state index contributed by atoms with van der Waals surface area (Å²) in [6, 6.07) is 0.0803. The monoisotopic (exact) mass is 236 g/mol. The van der Waals surface area contributed by atoms with Gasteiger partial charge in [-0.25, -0.2) is 9.36 Å². The van der Waals surface area contributed by atoms with Gasteiger partial charge in [-0.15, -0.1) is 10.2 Å². The van der Waals surface area contributed by atoms with Crippen LogP contribution in [-0.2, 0) is 5.72 Å². The molecule has 92 valence electrons. The van der Waals surface area contributed by atoms with Crippen LogP contribution in [-0.4, -0.2) is 35.1 Å². The molecule has 0 aliphatic carbocycles. The second-order valence-corrected chi connectivity index (χ2v) is 4.21. The molecule has 2 atom stereocenters. The minimum absolute atomic E-state index is 0.0803. The number of aliphatic hydroxyl groups is 1. The van der Waals surface area contributed by atoms with Crippen molar-refractivity contribution in [1.82, 2.24) is 30.0 Å². The molecular weight excluding hydrogens is 220 g/mol. The second-order valence-electron chi connectivity index (χ2n) is 4.21. The highest BCUT2D eigenvalue weighted by Gasteiger charge is 2.28. The van der Waals surface area contributed by atoms with Crippen molar-refractivity contribution in [3.8, 4) is 0 Å². The van der Waals surface area contributed by atoms with Gasteiger partial charge in [-0.05, 0) is 13.3 Å². The Bertz CT molecular complexity index is 435. The first kappa shape index (κ1) is 11.7. The quantitative estimate of drug-likeness (QED) is 0.821. The minimum Gasteiger partial charge on any atom is -0.369 e. The van der Waals surface area contributed by atoms with E-state index in [4.69, 9.17) is 0 Å². The number of nitrogens with zero attached hydrogens (tertiary/aromatic N) is 6. The van der Waals surface area contributed by atoms with Gasteiger partial charge in [-0.3, -0.25) is 0 Å². The molecule has 0 spiro atoms. The number of hydrogen-bond donors (Lipinski definition) is 1. The van der Waals surface area contributed by atoms with Crippen LogP contribution in [0.15, 0.2) is 24.8 Å². The molecule has 0 saturated heterocycles. The highest BCUT2D eigenvalue weighted by molar-refractivity contribution is 4.80. The van der Waals surface area contributed by atoms with Crippen LogP contribution in [0.1, 0.15) is 32.7 Å². The second kappa shape index (κ2) is 4.62. The molecule has 2 unspecified atom stereocenters. The molecule has 7 heteroatoms. The largest absolute Gasteiger partial charge is 0.369 e. The molecule has 0 aromatic carbocycles. The van der Waals surface area contributed by atoms with Gasteiger partial charge in [0.05, 0.1) is 18.4 Å². The van der Waals surface area contributed by atoms with Crippen LogP contribution in [0.5, 0.6) is 0 Å². The zero-order chi connectivity index (χ0) is 12.3. The Morgan fingerprint density at radius 2 is 1.94 bits per heavy atom. The predicted molar refractivity (Wildman–Crippen MR) is 59.9 cm³/mol. The third-order valence-corrected chi connectivity index (χ3v) is 2.82. The Kier molecular flexibility index (Phi) is 3.19. The van der Waals surface area contributed by atoms with E-state index < -0.39 is 5.72 Å². The molecule has 17 heavy (non-hydrogen) atoms. The van der Waals surface area contributed by atoms with Crippen molar-refractivity contribution in [2.24, 2.45) is 0 Å². The topological polar surface area (TPSA) is 81.6 Å². The molecule has 0 bridgehead atoms. The lowest BCUT2D eigenvalue weighted by Crippen LogP contribution is -2.33. The first-order valence-corrected chi connectivity index (χ1v) is 5.58. The molecule has 2 rings (SSSR count). The number of hydrogen-bond acceptors (Lipinski definition) is 5. The molecule has 2 aromatic heterocycles. The van der Waals surface area contributed by atoms with Gasteiger partial charge in [-0.2, -0.15) is 0 Å². The SMILES string of the molecule is CCC(CC(C)(O)n1ccnn1)n1ccnn1. The van der Waals surface area contributed by atoms with E-state index in [2.05, 4.69) is 20.6 Å². The van der Waals surface area contributed by atoms with Crippen LogP contribution in [0, 0.1) is 0 Å². The van der Waals surface area contributed by atoms with Gasteiger partial charge in [-0.1, -0.05) is 17.4 Å². The van der Waals surface area contributed by atoms with Gasteiger partial charge in [0.25, 0.3) is 0 Å². The molecule has 2 heterocycles. The van der Waals surface area contributed by atoms with Crippen LogP contribution in [0.2, 0.25) is 0 Å². The smallest absolute Gasteiger partial charge is 0.158 e. The van der Waals surface area contributed by atoms with Crippen molar-refractivity contribution < 1.29 is 5.11 Å². The van der Waals surface area contributed by atoms with Gasteiger partial charge >= 0.3 is 0 Å². The summed E-state index contributed by atoms with van der Waals surface area (Å²) in [4.78, 5) is 0. The lowest BCUT2D eigenvalue weighted by Gasteiger charge is -2.27. The summed E-state index contributed by atoms with van der Waals surface area (Å²) >= 11 is 0. The fourth-order valence-corrected chi connectivity index (χ4v) is 1.84. The highest BCUT2D eigenvalue weighted by Crippen LogP contribution is 2.25. The molecule has 0 fully saturated rings. The Hall–Kier alpha value is -1.76. The molecule has 0 saturated carbocycles. The van der Waals surface area contributed by atoms with Gasteiger partial charge in [0.15, 0.2) is 5.72 Å². The maximum absolute atomic E-state index is 10.4. The summed E-state index contributed by atoms with van der Waals surface area (Å²) in [6.45, 7) is 3.75. The van der Waals surface area contributed by atoms with Crippen molar-refractivity contribution in [3.05, 3.63) is 24.8 Å². The lowest BCUT2D eigenvalue weighted by molar-refractivity contribution is -0.0529. The van der Waals surface area contributed by atoms with E-state index in [1.54, 1.807) is 36.4 Å². The van der Waals surface area contributed by atoms with Gasteiger partial charge < -0.3 is 5.11 Å². The van der Waals surface area contributed by atoms with Crippen molar-refractivity contribution in [1.29, 1.82) is 0 Å². The third kappa shape index (κ3) is 2.50. The van der Waals surface area contributed by atoms with E-state index in [1.807, 2.05) is 6.92 Å². The Morgan fingerprint density at radius 3 is 2.47 bits per heavy atom. The van der Waals surface area contributed by atoms with Gasteiger partial charge in [0, 0.05) is 18.8 Å². The maximum atomic E-state index is 10.4. The summed E-state index contributed by atoms with van der Waals surface area (Å²) in [5.41, 5.74) is -1.08. The summed E-state index contributed by atoms with van der Waals surface area (Å²) < 4.78 is 3.21. The molecular formula is C10H16N6O. The van der Waals surface area contributed by atoms with Crippen molar-refractivity contribution in [2.45, 2.75) is 38.5 Å². The van der Waals surface area contributed by atoms with E-state index in [0.717, 1.165) is 6.42 Å². The Labute approximate surface area is 99.1 Å². The van der Waals surface area contributed by atoms with Crippen LogP contribution in [0.25, 0.3) is 0 Å². The van der Waals surface area contributed by atoms with E-state index in [1.165, 1.54) is 4.68 Å². The zero-order valence-electron chi connectivity index (χ0n) is 9.93. The molecule has 0 aliphatic heterocycles. The number of aromatic nitrogens is 6. The van der Waals surface area contributed by atoms with E-state index in [0.29, 0.717) is 6.42 Å². The first-order chi connectivity index (χ1) is 8.13.